The molecule has 1 fully saturated rings. The van der Waals surface area contributed by atoms with E-state index in [4.69, 9.17) is 4.74 Å². The molecule has 0 spiro atoms. The van der Waals surface area contributed by atoms with E-state index in [9.17, 15) is 4.79 Å². The van der Waals surface area contributed by atoms with Gasteiger partial charge in [-0.3, -0.25) is 9.89 Å². The van der Waals surface area contributed by atoms with E-state index in [0.29, 0.717) is 19.7 Å². The van der Waals surface area contributed by atoms with E-state index in [2.05, 4.69) is 23.2 Å². The standard InChI is InChI=1S/C19H25N3O2S/c1-12-4-5-15-14(8-12)9-16(25-15)18(23)22-6-7-24-19(3,11-22)17-13(2)10-20-21-17/h9-10,12H,4-8,11H2,1-3H3,(H,20,21). The molecule has 0 radical (unpaired) electrons. The number of hydrogen-bond donors (Lipinski definition) is 1. The third-order valence-electron chi connectivity index (χ3n) is 5.46. The Labute approximate surface area is 152 Å². The molecule has 1 aliphatic heterocycles. The van der Waals surface area contributed by atoms with Gasteiger partial charge in [-0.05, 0) is 56.2 Å². The fourth-order valence-electron chi connectivity index (χ4n) is 4.04. The maximum absolute atomic E-state index is 13.1. The maximum atomic E-state index is 13.1. The number of amides is 1. The van der Waals surface area contributed by atoms with E-state index in [1.165, 1.54) is 16.9 Å². The van der Waals surface area contributed by atoms with Crippen molar-refractivity contribution in [3.8, 4) is 0 Å². The highest BCUT2D eigenvalue weighted by atomic mass is 32.1. The zero-order valence-electron chi connectivity index (χ0n) is 15.1. The zero-order valence-corrected chi connectivity index (χ0v) is 15.9. The van der Waals surface area contributed by atoms with E-state index in [1.54, 1.807) is 17.5 Å². The highest BCUT2D eigenvalue weighted by Crippen LogP contribution is 2.35. The normalized spacial score (nSPS) is 26.5. The average molecular weight is 359 g/mol. The predicted molar refractivity (Wildman–Crippen MR) is 98.0 cm³/mol. The number of rotatable bonds is 2. The number of hydrogen-bond acceptors (Lipinski definition) is 4. The Bertz CT molecular complexity index is 796. The highest BCUT2D eigenvalue weighted by Gasteiger charge is 2.38. The quantitative estimate of drug-likeness (QED) is 0.895. The lowest BCUT2D eigenvalue weighted by Gasteiger charge is -2.40. The van der Waals surface area contributed by atoms with E-state index in [-0.39, 0.29) is 5.91 Å². The summed E-state index contributed by atoms with van der Waals surface area (Å²) in [6.45, 7) is 8.08. The van der Waals surface area contributed by atoms with Crippen LogP contribution in [-0.2, 0) is 23.2 Å². The third-order valence-corrected chi connectivity index (χ3v) is 6.68. The number of morpholine rings is 1. The number of ether oxygens (including phenoxy) is 1. The van der Waals surface area contributed by atoms with E-state index in [0.717, 1.165) is 34.9 Å². The summed E-state index contributed by atoms with van der Waals surface area (Å²) in [4.78, 5) is 17.3. The summed E-state index contributed by atoms with van der Waals surface area (Å²) in [5.74, 6) is 0.860. The van der Waals surface area contributed by atoms with Crippen LogP contribution in [0.4, 0.5) is 0 Å². The summed E-state index contributed by atoms with van der Waals surface area (Å²) in [5.41, 5.74) is 2.88. The molecule has 2 unspecified atom stereocenters. The van der Waals surface area contributed by atoms with Crippen molar-refractivity contribution in [2.45, 2.75) is 45.6 Å². The first-order valence-electron chi connectivity index (χ1n) is 9.01. The van der Waals surface area contributed by atoms with Gasteiger partial charge in [0.1, 0.15) is 5.60 Å². The molecule has 1 N–H and O–H groups in total. The zero-order chi connectivity index (χ0) is 17.6. The van der Waals surface area contributed by atoms with Crippen LogP contribution < -0.4 is 0 Å². The number of H-pyrrole nitrogens is 1. The smallest absolute Gasteiger partial charge is 0.264 e. The monoisotopic (exact) mass is 359 g/mol. The van der Waals surface area contributed by atoms with E-state index in [1.807, 2.05) is 18.7 Å². The molecule has 1 amide bonds. The Morgan fingerprint density at radius 2 is 2.36 bits per heavy atom. The van der Waals surface area contributed by atoms with Gasteiger partial charge in [0.25, 0.3) is 5.91 Å². The molecular weight excluding hydrogens is 334 g/mol. The van der Waals surface area contributed by atoms with Crippen LogP contribution in [0.3, 0.4) is 0 Å². The summed E-state index contributed by atoms with van der Waals surface area (Å²) in [5, 5.41) is 7.16. The Morgan fingerprint density at radius 3 is 3.12 bits per heavy atom. The molecule has 1 aliphatic carbocycles. The van der Waals surface area contributed by atoms with Crippen molar-refractivity contribution < 1.29 is 9.53 Å². The minimum atomic E-state index is -0.528. The minimum absolute atomic E-state index is 0.138. The lowest BCUT2D eigenvalue weighted by molar-refractivity contribution is -0.0957. The van der Waals surface area contributed by atoms with Crippen molar-refractivity contribution in [2.24, 2.45) is 5.92 Å². The van der Waals surface area contributed by atoms with Gasteiger partial charge in [-0.2, -0.15) is 5.10 Å². The molecule has 0 saturated carbocycles. The van der Waals surface area contributed by atoms with Crippen LogP contribution in [0.2, 0.25) is 0 Å². The number of nitrogens with zero attached hydrogens (tertiary/aromatic N) is 2. The fraction of sp³-hybridized carbons (Fsp3) is 0.579. The molecule has 6 heteroatoms. The summed E-state index contributed by atoms with van der Waals surface area (Å²) < 4.78 is 6.04. The number of fused-ring (bicyclic) bond motifs is 1. The van der Waals surface area contributed by atoms with Crippen molar-refractivity contribution in [3.63, 3.8) is 0 Å². The van der Waals surface area contributed by atoms with Gasteiger partial charge < -0.3 is 9.64 Å². The molecular formula is C19H25N3O2S. The second-order valence-electron chi connectivity index (χ2n) is 7.64. The number of thiophene rings is 1. The Balaban J connectivity index is 1.55. The predicted octanol–water partition coefficient (Wildman–Crippen LogP) is 3.29. The second kappa shape index (κ2) is 6.25. The molecule has 2 aliphatic rings. The largest absolute Gasteiger partial charge is 0.365 e. The molecule has 3 heterocycles. The lowest BCUT2D eigenvalue weighted by atomic mass is 9.90. The first-order chi connectivity index (χ1) is 12.0. The number of aromatic amines is 1. The number of aromatic nitrogens is 2. The Morgan fingerprint density at radius 1 is 1.52 bits per heavy atom. The summed E-state index contributed by atoms with van der Waals surface area (Å²) in [6, 6.07) is 2.13. The second-order valence-corrected chi connectivity index (χ2v) is 8.78. The first-order valence-corrected chi connectivity index (χ1v) is 9.83. The highest BCUT2D eigenvalue weighted by molar-refractivity contribution is 7.14. The third kappa shape index (κ3) is 3.02. The van der Waals surface area contributed by atoms with Crippen LogP contribution in [0.1, 0.15) is 51.6 Å². The SMILES string of the molecule is Cc1cn[nH]c1C1(C)CN(C(=O)c2cc3c(s2)CCC(C)C3)CCO1. The van der Waals surface area contributed by atoms with Crippen LogP contribution in [0.15, 0.2) is 12.3 Å². The Kier molecular flexibility index (Phi) is 4.20. The van der Waals surface area contributed by atoms with Gasteiger partial charge in [0.05, 0.1) is 29.9 Å². The molecule has 0 aromatic carbocycles. The summed E-state index contributed by atoms with van der Waals surface area (Å²) >= 11 is 1.69. The topological polar surface area (TPSA) is 58.2 Å². The van der Waals surface area contributed by atoms with Gasteiger partial charge >= 0.3 is 0 Å². The van der Waals surface area contributed by atoms with Gasteiger partial charge in [0.2, 0.25) is 0 Å². The molecule has 2 aromatic rings. The molecule has 2 aromatic heterocycles. The number of nitrogens with one attached hydrogen (secondary N) is 1. The molecule has 5 nitrogen and oxygen atoms in total. The van der Waals surface area contributed by atoms with Crippen LogP contribution >= 0.6 is 11.3 Å². The molecule has 4 rings (SSSR count). The molecule has 134 valence electrons. The average Bonchev–Trinajstić information content (AvgIpc) is 3.20. The Hall–Kier alpha value is -1.66. The van der Waals surface area contributed by atoms with Crippen molar-refractivity contribution in [1.82, 2.24) is 15.1 Å². The van der Waals surface area contributed by atoms with E-state index < -0.39 is 5.60 Å². The van der Waals surface area contributed by atoms with Crippen LogP contribution in [-0.4, -0.2) is 40.7 Å². The first kappa shape index (κ1) is 16.8. The number of carbonyl (C=O) groups excluding carboxylic acids is 1. The van der Waals surface area contributed by atoms with Crippen molar-refractivity contribution in [2.75, 3.05) is 19.7 Å². The van der Waals surface area contributed by atoms with Gasteiger partial charge in [-0.25, -0.2) is 0 Å². The van der Waals surface area contributed by atoms with Crippen LogP contribution in [0, 0.1) is 12.8 Å². The molecule has 0 bridgehead atoms. The number of aryl methyl sites for hydroxylation is 2. The van der Waals surface area contributed by atoms with Gasteiger partial charge in [-0.15, -0.1) is 11.3 Å². The van der Waals surface area contributed by atoms with E-state index >= 15 is 0 Å². The van der Waals surface area contributed by atoms with Crippen molar-refractivity contribution >= 4 is 17.2 Å². The van der Waals surface area contributed by atoms with Gasteiger partial charge in [-0.1, -0.05) is 6.92 Å². The van der Waals surface area contributed by atoms with Crippen molar-refractivity contribution in [1.29, 1.82) is 0 Å². The van der Waals surface area contributed by atoms with Crippen LogP contribution in [0.5, 0.6) is 0 Å². The van der Waals surface area contributed by atoms with Gasteiger partial charge in [0, 0.05) is 11.4 Å². The summed E-state index contributed by atoms with van der Waals surface area (Å²) in [7, 11) is 0. The summed E-state index contributed by atoms with van der Waals surface area (Å²) in [6.07, 6.45) is 5.25. The molecule has 25 heavy (non-hydrogen) atoms. The molecule has 1 saturated heterocycles. The maximum Gasteiger partial charge on any atom is 0.264 e. The fourth-order valence-corrected chi connectivity index (χ4v) is 5.22. The lowest BCUT2D eigenvalue weighted by Crippen LogP contribution is -2.50. The van der Waals surface area contributed by atoms with Crippen LogP contribution in [0.25, 0.3) is 0 Å². The minimum Gasteiger partial charge on any atom is -0.365 e. The van der Waals surface area contributed by atoms with Gasteiger partial charge in [0.15, 0.2) is 0 Å². The van der Waals surface area contributed by atoms with Crippen molar-refractivity contribution in [3.05, 3.63) is 38.8 Å². The number of carbonyl (C=O) groups is 1. The molecule has 2 atom stereocenters.